The lowest BCUT2D eigenvalue weighted by atomic mass is 10.2. The summed E-state index contributed by atoms with van der Waals surface area (Å²) < 4.78 is 6.46. The highest BCUT2D eigenvalue weighted by Gasteiger charge is 2.08. The smallest absolute Gasteiger partial charge is 0.264 e. The summed E-state index contributed by atoms with van der Waals surface area (Å²) in [5.41, 5.74) is 2.07. The Morgan fingerprint density at radius 3 is 2.86 bits per heavy atom. The Kier molecular flexibility index (Phi) is 3.83. The lowest BCUT2D eigenvalue weighted by molar-refractivity contribution is -0.118. The van der Waals surface area contributed by atoms with Crippen LogP contribution in [0, 0.1) is 6.92 Å². The Bertz CT molecular complexity index is 768. The number of benzene rings is 2. The minimum atomic E-state index is -0.213. The van der Waals surface area contributed by atoms with Crippen molar-refractivity contribution in [3.8, 4) is 5.75 Å². The van der Waals surface area contributed by atoms with Crippen molar-refractivity contribution < 1.29 is 9.53 Å². The van der Waals surface area contributed by atoms with E-state index in [0.717, 1.165) is 10.2 Å². The van der Waals surface area contributed by atoms with Crippen molar-refractivity contribution >= 4 is 32.6 Å². The highest BCUT2D eigenvalue weighted by atomic mass is 32.1. The summed E-state index contributed by atoms with van der Waals surface area (Å²) in [6.07, 6.45) is 0. The third-order valence-electron chi connectivity index (χ3n) is 2.90. The topological polar surface area (TPSA) is 51.2 Å². The predicted octanol–water partition coefficient (Wildman–Crippen LogP) is 3.62. The van der Waals surface area contributed by atoms with Crippen molar-refractivity contribution in [3.63, 3.8) is 0 Å². The van der Waals surface area contributed by atoms with E-state index in [2.05, 4.69) is 16.4 Å². The molecule has 1 amide bonds. The molecule has 3 rings (SSSR count). The summed E-state index contributed by atoms with van der Waals surface area (Å²) >= 11 is 1.46. The molecule has 4 nitrogen and oxygen atoms in total. The number of rotatable bonds is 4. The molecule has 5 heteroatoms. The fourth-order valence-corrected chi connectivity index (χ4v) is 2.89. The molecule has 0 bridgehead atoms. The summed E-state index contributed by atoms with van der Waals surface area (Å²) in [6.45, 7) is 2.00. The van der Waals surface area contributed by atoms with Crippen LogP contribution in [0.1, 0.15) is 5.56 Å². The molecule has 1 N–H and O–H groups in total. The molecule has 21 heavy (non-hydrogen) atoms. The quantitative estimate of drug-likeness (QED) is 0.800. The molecule has 0 aliphatic heterocycles. The number of hydrogen-bond acceptors (Lipinski definition) is 4. The second-order valence-corrected chi connectivity index (χ2v) is 5.67. The van der Waals surface area contributed by atoms with Gasteiger partial charge in [0.2, 0.25) is 0 Å². The maximum atomic E-state index is 11.9. The second-order valence-electron chi connectivity index (χ2n) is 4.64. The van der Waals surface area contributed by atoms with Crippen LogP contribution in [0.15, 0.2) is 48.5 Å². The zero-order valence-electron chi connectivity index (χ0n) is 11.5. The van der Waals surface area contributed by atoms with Crippen LogP contribution in [0.3, 0.4) is 0 Å². The van der Waals surface area contributed by atoms with Crippen molar-refractivity contribution in [1.29, 1.82) is 0 Å². The molecule has 1 aromatic heterocycles. The molecule has 0 aliphatic rings. The minimum absolute atomic E-state index is 0.0288. The van der Waals surface area contributed by atoms with Crippen molar-refractivity contribution in [3.05, 3.63) is 54.1 Å². The van der Waals surface area contributed by atoms with Crippen LogP contribution in [0.2, 0.25) is 0 Å². The molecule has 0 aliphatic carbocycles. The fourth-order valence-electron chi connectivity index (χ4n) is 1.91. The second kappa shape index (κ2) is 5.93. The van der Waals surface area contributed by atoms with Crippen molar-refractivity contribution in [2.24, 2.45) is 0 Å². The number of carbonyl (C=O) groups excluding carboxylic acids is 1. The number of amides is 1. The van der Waals surface area contributed by atoms with Crippen LogP contribution in [0.4, 0.5) is 5.13 Å². The zero-order valence-corrected chi connectivity index (χ0v) is 12.3. The summed E-state index contributed by atoms with van der Waals surface area (Å²) in [5, 5.41) is 3.36. The molecular formula is C16H14N2O2S. The number of carbonyl (C=O) groups is 1. The number of nitrogens with zero attached hydrogens (tertiary/aromatic N) is 1. The first-order valence-corrected chi connectivity index (χ1v) is 7.37. The number of fused-ring (bicyclic) bond motifs is 1. The van der Waals surface area contributed by atoms with Crippen LogP contribution in [-0.4, -0.2) is 17.5 Å². The van der Waals surface area contributed by atoms with Gasteiger partial charge in [0.1, 0.15) is 5.75 Å². The van der Waals surface area contributed by atoms with Gasteiger partial charge in [-0.2, -0.15) is 0 Å². The van der Waals surface area contributed by atoms with Crippen molar-refractivity contribution in [2.45, 2.75) is 6.92 Å². The SMILES string of the molecule is Cc1ccc2nc(NC(=O)COc3ccccc3)sc2c1. The average molecular weight is 298 g/mol. The maximum absolute atomic E-state index is 11.9. The van der Waals surface area contributed by atoms with Crippen LogP contribution >= 0.6 is 11.3 Å². The number of ether oxygens (including phenoxy) is 1. The largest absolute Gasteiger partial charge is 0.484 e. The van der Waals surface area contributed by atoms with E-state index < -0.39 is 0 Å². The number of aromatic nitrogens is 1. The molecule has 0 saturated carbocycles. The van der Waals surface area contributed by atoms with Gasteiger partial charge in [-0.05, 0) is 36.8 Å². The molecular weight excluding hydrogens is 284 g/mol. The summed E-state index contributed by atoms with van der Waals surface area (Å²) in [4.78, 5) is 16.2. The Labute approximate surface area is 126 Å². The number of anilines is 1. The lowest BCUT2D eigenvalue weighted by Gasteiger charge is -2.04. The van der Waals surface area contributed by atoms with E-state index in [1.165, 1.54) is 16.9 Å². The molecule has 0 saturated heterocycles. The van der Waals surface area contributed by atoms with Crippen LogP contribution in [-0.2, 0) is 4.79 Å². The van der Waals surface area contributed by atoms with E-state index in [-0.39, 0.29) is 12.5 Å². The maximum Gasteiger partial charge on any atom is 0.264 e. The van der Waals surface area contributed by atoms with Gasteiger partial charge in [-0.25, -0.2) is 4.98 Å². The minimum Gasteiger partial charge on any atom is -0.484 e. The van der Waals surface area contributed by atoms with Gasteiger partial charge < -0.3 is 4.74 Å². The van der Waals surface area contributed by atoms with E-state index >= 15 is 0 Å². The third-order valence-corrected chi connectivity index (χ3v) is 3.84. The number of aryl methyl sites for hydroxylation is 1. The van der Waals surface area contributed by atoms with Gasteiger partial charge in [0.15, 0.2) is 11.7 Å². The Morgan fingerprint density at radius 1 is 1.24 bits per heavy atom. The first-order chi connectivity index (χ1) is 10.2. The van der Waals surface area contributed by atoms with E-state index in [1.54, 1.807) is 0 Å². The molecule has 106 valence electrons. The molecule has 2 aromatic carbocycles. The van der Waals surface area contributed by atoms with E-state index in [1.807, 2.05) is 49.4 Å². The number of nitrogens with one attached hydrogen (secondary N) is 1. The highest BCUT2D eigenvalue weighted by molar-refractivity contribution is 7.22. The highest BCUT2D eigenvalue weighted by Crippen LogP contribution is 2.26. The molecule has 0 fully saturated rings. The van der Waals surface area contributed by atoms with Crippen LogP contribution in [0.5, 0.6) is 5.75 Å². The summed E-state index contributed by atoms with van der Waals surface area (Å²) in [7, 11) is 0. The molecule has 3 aromatic rings. The first kappa shape index (κ1) is 13.6. The van der Waals surface area contributed by atoms with Gasteiger partial charge in [0, 0.05) is 0 Å². The summed E-state index contributed by atoms with van der Waals surface area (Å²) in [5.74, 6) is 0.460. The van der Waals surface area contributed by atoms with Gasteiger partial charge >= 0.3 is 0 Å². The Balaban J connectivity index is 1.63. The summed E-state index contributed by atoms with van der Waals surface area (Å²) in [6, 6.07) is 15.3. The lowest BCUT2D eigenvalue weighted by Crippen LogP contribution is -2.19. The predicted molar refractivity (Wildman–Crippen MR) is 84.9 cm³/mol. The van der Waals surface area contributed by atoms with Gasteiger partial charge in [-0.1, -0.05) is 35.6 Å². The standard InChI is InChI=1S/C16H14N2O2S/c1-11-7-8-13-14(9-11)21-16(17-13)18-15(19)10-20-12-5-3-2-4-6-12/h2-9H,10H2,1H3,(H,17,18,19). The van der Waals surface area contributed by atoms with E-state index in [4.69, 9.17) is 4.74 Å². The third kappa shape index (κ3) is 3.38. The molecule has 0 atom stereocenters. The van der Waals surface area contributed by atoms with E-state index in [9.17, 15) is 4.79 Å². The average Bonchev–Trinajstić information content (AvgIpc) is 2.87. The monoisotopic (exact) mass is 298 g/mol. The van der Waals surface area contributed by atoms with Crippen LogP contribution < -0.4 is 10.1 Å². The zero-order chi connectivity index (χ0) is 14.7. The number of hydrogen-bond donors (Lipinski definition) is 1. The van der Waals surface area contributed by atoms with Gasteiger partial charge in [-0.3, -0.25) is 10.1 Å². The van der Waals surface area contributed by atoms with Crippen LogP contribution in [0.25, 0.3) is 10.2 Å². The Morgan fingerprint density at radius 2 is 2.05 bits per heavy atom. The van der Waals surface area contributed by atoms with Gasteiger partial charge in [0.25, 0.3) is 5.91 Å². The van der Waals surface area contributed by atoms with Crippen molar-refractivity contribution in [2.75, 3.05) is 11.9 Å². The Hall–Kier alpha value is -2.40. The molecule has 1 heterocycles. The normalized spacial score (nSPS) is 10.5. The number of para-hydroxylation sites is 1. The van der Waals surface area contributed by atoms with Crippen molar-refractivity contribution in [1.82, 2.24) is 4.98 Å². The molecule has 0 radical (unpaired) electrons. The first-order valence-electron chi connectivity index (χ1n) is 6.55. The number of thiazole rings is 1. The van der Waals surface area contributed by atoms with Gasteiger partial charge in [-0.15, -0.1) is 0 Å². The van der Waals surface area contributed by atoms with E-state index in [0.29, 0.717) is 10.9 Å². The molecule has 0 unspecified atom stereocenters. The van der Waals surface area contributed by atoms with Gasteiger partial charge in [0.05, 0.1) is 10.2 Å². The fraction of sp³-hybridized carbons (Fsp3) is 0.125. The molecule has 0 spiro atoms.